The summed E-state index contributed by atoms with van der Waals surface area (Å²) in [5, 5.41) is 3.46. The molecule has 2 unspecified atom stereocenters. The van der Waals surface area contributed by atoms with Crippen LogP contribution in [-0.2, 0) is 0 Å². The quantitative estimate of drug-likeness (QED) is 0.709. The minimum atomic E-state index is 0.689. The van der Waals surface area contributed by atoms with Gasteiger partial charge in [-0.3, -0.25) is 0 Å². The Morgan fingerprint density at radius 1 is 1.44 bits per heavy atom. The molecule has 0 aromatic carbocycles. The molecule has 0 aromatic heterocycles. The lowest BCUT2D eigenvalue weighted by Crippen LogP contribution is -2.45. The molecule has 1 heterocycles. The van der Waals surface area contributed by atoms with E-state index in [4.69, 9.17) is 0 Å². The summed E-state index contributed by atoms with van der Waals surface area (Å²) < 4.78 is 0. The molecule has 0 aromatic rings. The maximum absolute atomic E-state index is 3.46. The second-order valence-corrected chi connectivity index (χ2v) is 5.09. The van der Waals surface area contributed by atoms with Crippen LogP contribution in [0.5, 0.6) is 0 Å². The number of nitrogens with zero attached hydrogens (tertiary/aromatic N) is 2. The van der Waals surface area contributed by atoms with Crippen LogP contribution in [-0.4, -0.2) is 62.2 Å². The van der Waals surface area contributed by atoms with Crippen LogP contribution >= 0.6 is 0 Å². The number of rotatable bonds is 7. The summed E-state index contributed by atoms with van der Waals surface area (Å²) in [5.74, 6) is 0. The smallest absolute Gasteiger partial charge is 0.0220 e. The molecule has 0 saturated carbocycles. The monoisotopic (exact) mass is 227 g/mol. The van der Waals surface area contributed by atoms with Gasteiger partial charge < -0.3 is 15.1 Å². The first-order valence-electron chi connectivity index (χ1n) is 6.80. The van der Waals surface area contributed by atoms with Crippen LogP contribution in [0.4, 0.5) is 0 Å². The van der Waals surface area contributed by atoms with Crippen molar-refractivity contribution >= 4 is 0 Å². The van der Waals surface area contributed by atoms with Gasteiger partial charge in [-0.2, -0.15) is 0 Å². The molecule has 3 heteroatoms. The van der Waals surface area contributed by atoms with E-state index in [1.165, 1.54) is 32.4 Å². The van der Waals surface area contributed by atoms with Gasteiger partial charge in [-0.05, 0) is 46.4 Å². The van der Waals surface area contributed by atoms with E-state index >= 15 is 0 Å². The molecule has 0 amide bonds. The SMILES string of the molecule is CCNCC(CC)N(C)CC1CCCN1C. The van der Waals surface area contributed by atoms with E-state index in [0.717, 1.165) is 19.1 Å². The van der Waals surface area contributed by atoms with Crippen molar-refractivity contribution in [3.05, 3.63) is 0 Å². The van der Waals surface area contributed by atoms with E-state index in [-0.39, 0.29) is 0 Å². The molecule has 1 saturated heterocycles. The van der Waals surface area contributed by atoms with Crippen LogP contribution in [0, 0.1) is 0 Å². The van der Waals surface area contributed by atoms with Crippen LogP contribution in [0.2, 0.25) is 0 Å². The lowest BCUT2D eigenvalue weighted by Gasteiger charge is -2.32. The van der Waals surface area contributed by atoms with Gasteiger partial charge in [0.25, 0.3) is 0 Å². The lowest BCUT2D eigenvalue weighted by molar-refractivity contribution is 0.170. The van der Waals surface area contributed by atoms with Crippen LogP contribution in [0.25, 0.3) is 0 Å². The Labute approximate surface area is 101 Å². The maximum atomic E-state index is 3.46. The molecule has 16 heavy (non-hydrogen) atoms. The second-order valence-electron chi connectivity index (χ2n) is 5.09. The van der Waals surface area contributed by atoms with Crippen LogP contribution in [0.3, 0.4) is 0 Å². The molecule has 0 aliphatic carbocycles. The number of hydrogen-bond donors (Lipinski definition) is 1. The first-order chi connectivity index (χ1) is 7.69. The molecule has 1 N–H and O–H groups in total. The molecule has 1 rings (SSSR count). The van der Waals surface area contributed by atoms with E-state index in [1.807, 2.05) is 0 Å². The summed E-state index contributed by atoms with van der Waals surface area (Å²) in [6.45, 7) is 9.17. The first kappa shape index (κ1) is 13.9. The predicted molar refractivity (Wildman–Crippen MR) is 70.9 cm³/mol. The van der Waals surface area contributed by atoms with Crippen molar-refractivity contribution in [3.8, 4) is 0 Å². The Hall–Kier alpha value is -0.120. The molecule has 2 atom stereocenters. The van der Waals surface area contributed by atoms with Crippen LogP contribution in [0.15, 0.2) is 0 Å². The van der Waals surface area contributed by atoms with Gasteiger partial charge in [0.1, 0.15) is 0 Å². The number of likely N-dealkylation sites (N-methyl/N-ethyl adjacent to an activating group) is 3. The van der Waals surface area contributed by atoms with Gasteiger partial charge >= 0.3 is 0 Å². The summed E-state index contributed by atoms with van der Waals surface area (Å²) in [5.41, 5.74) is 0. The first-order valence-corrected chi connectivity index (χ1v) is 6.80. The maximum Gasteiger partial charge on any atom is 0.0220 e. The highest BCUT2D eigenvalue weighted by Gasteiger charge is 2.24. The van der Waals surface area contributed by atoms with E-state index in [9.17, 15) is 0 Å². The van der Waals surface area contributed by atoms with Crippen molar-refractivity contribution < 1.29 is 0 Å². The van der Waals surface area contributed by atoms with Crippen molar-refractivity contribution in [2.75, 3.05) is 40.3 Å². The summed E-state index contributed by atoms with van der Waals surface area (Å²) in [4.78, 5) is 5.05. The van der Waals surface area contributed by atoms with Crippen molar-refractivity contribution in [1.82, 2.24) is 15.1 Å². The Morgan fingerprint density at radius 3 is 2.69 bits per heavy atom. The minimum absolute atomic E-state index is 0.689. The molecule has 96 valence electrons. The highest BCUT2D eigenvalue weighted by molar-refractivity contribution is 4.81. The Kier molecular flexibility index (Phi) is 6.32. The molecule has 0 radical (unpaired) electrons. The summed E-state index contributed by atoms with van der Waals surface area (Å²) in [6.07, 6.45) is 3.98. The molecule has 1 aliphatic heterocycles. The Bertz CT molecular complexity index is 184. The van der Waals surface area contributed by atoms with Gasteiger partial charge in [-0.25, -0.2) is 0 Å². The molecular weight excluding hydrogens is 198 g/mol. The van der Waals surface area contributed by atoms with Crippen molar-refractivity contribution in [3.63, 3.8) is 0 Å². The lowest BCUT2D eigenvalue weighted by atomic mass is 10.1. The average Bonchev–Trinajstić information content (AvgIpc) is 2.65. The van der Waals surface area contributed by atoms with E-state index in [1.54, 1.807) is 0 Å². The molecule has 1 fully saturated rings. The van der Waals surface area contributed by atoms with Gasteiger partial charge in [-0.15, -0.1) is 0 Å². The van der Waals surface area contributed by atoms with Gasteiger partial charge in [0.15, 0.2) is 0 Å². The van der Waals surface area contributed by atoms with Crippen molar-refractivity contribution in [2.24, 2.45) is 0 Å². The van der Waals surface area contributed by atoms with Gasteiger partial charge in [0, 0.05) is 25.2 Å². The van der Waals surface area contributed by atoms with E-state index in [0.29, 0.717) is 6.04 Å². The summed E-state index contributed by atoms with van der Waals surface area (Å²) >= 11 is 0. The summed E-state index contributed by atoms with van der Waals surface area (Å²) in [7, 11) is 4.54. The van der Waals surface area contributed by atoms with Crippen LogP contribution < -0.4 is 5.32 Å². The zero-order valence-corrected chi connectivity index (χ0v) is 11.5. The normalized spacial score (nSPS) is 24.2. The largest absolute Gasteiger partial charge is 0.315 e. The fraction of sp³-hybridized carbons (Fsp3) is 1.00. The third-order valence-electron chi connectivity index (χ3n) is 3.89. The zero-order chi connectivity index (χ0) is 12.0. The summed E-state index contributed by atoms with van der Waals surface area (Å²) in [6, 6.07) is 1.47. The molecule has 0 bridgehead atoms. The number of likely N-dealkylation sites (tertiary alicyclic amines) is 1. The fourth-order valence-corrected chi connectivity index (χ4v) is 2.61. The highest BCUT2D eigenvalue weighted by Crippen LogP contribution is 2.16. The Morgan fingerprint density at radius 2 is 2.19 bits per heavy atom. The van der Waals surface area contributed by atoms with Crippen LogP contribution in [0.1, 0.15) is 33.1 Å². The van der Waals surface area contributed by atoms with E-state index < -0.39 is 0 Å². The molecule has 0 spiro atoms. The second kappa shape index (κ2) is 7.25. The van der Waals surface area contributed by atoms with E-state index in [2.05, 4.69) is 43.1 Å². The third kappa shape index (κ3) is 4.04. The number of nitrogens with one attached hydrogen (secondary N) is 1. The van der Waals surface area contributed by atoms with Crippen molar-refractivity contribution in [2.45, 2.75) is 45.2 Å². The van der Waals surface area contributed by atoms with Gasteiger partial charge in [-0.1, -0.05) is 13.8 Å². The highest BCUT2D eigenvalue weighted by atomic mass is 15.2. The average molecular weight is 227 g/mol. The van der Waals surface area contributed by atoms with Crippen molar-refractivity contribution in [1.29, 1.82) is 0 Å². The molecule has 3 nitrogen and oxygen atoms in total. The molecule has 1 aliphatic rings. The zero-order valence-electron chi connectivity index (χ0n) is 11.5. The minimum Gasteiger partial charge on any atom is -0.315 e. The number of hydrogen-bond acceptors (Lipinski definition) is 3. The topological polar surface area (TPSA) is 18.5 Å². The molecular formula is C13H29N3. The predicted octanol–water partition coefficient (Wildman–Crippen LogP) is 1.40. The third-order valence-corrected chi connectivity index (χ3v) is 3.89. The van der Waals surface area contributed by atoms with Gasteiger partial charge in [0.05, 0.1) is 0 Å². The standard InChI is InChI=1S/C13H29N3/c1-5-12(10-14-6-2)16(4)11-13-8-7-9-15(13)3/h12-14H,5-11H2,1-4H3. The fourth-order valence-electron chi connectivity index (χ4n) is 2.61. The van der Waals surface area contributed by atoms with Gasteiger partial charge in [0.2, 0.25) is 0 Å². The Balaban J connectivity index is 2.33.